The second kappa shape index (κ2) is 11.8. The van der Waals surface area contributed by atoms with Crippen molar-refractivity contribution < 1.29 is 19.4 Å². The van der Waals surface area contributed by atoms with E-state index in [2.05, 4.69) is 6.92 Å². The van der Waals surface area contributed by atoms with E-state index < -0.39 is 0 Å². The maximum Gasteiger partial charge on any atom is 0.337 e. The Morgan fingerprint density at radius 1 is 1.21 bits per heavy atom. The Morgan fingerprint density at radius 2 is 1.96 bits per heavy atom. The summed E-state index contributed by atoms with van der Waals surface area (Å²) in [6.45, 7) is 3.69. The Morgan fingerprint density at radius 3 is 2.64 bits per heavy atom. The number of hydrogen-bond acceptors (Lipinski definition) is 4. The fraction of sp³-hybridized carbons (Fsp3) is 0.652. The van der Waals surface area contributed by atoms with Gasteiger partial charge >= 0.3 is 5.97 Å². The minimum absolute atomic E-state index is 0.216. The van der Waals surface area contributed by atoms with Crippen molar-refractivity contribution in [1.29, 1.82) is 0 Å². The third kappa shape index (κ3) is 7.27. The number of hydrogen-bond donors (Lipinski definition) is 1. The van der Waals surface area contributed by atoms with Crippen molar-refractivity contribution in [3.05, 3.63) is 35.4 Å². The van der Waals surface area contributed by atoms with Crippen LogP contribution in [0.15, 0.2) is 24.3 Å². The first-order valence-corrected chi connectivity index (χ1v) is 10.7. The molecule has 1 aromatic rings. The van der Waals surface area contributed by atoms with Crippen LogP contribution in [0, 0.1) is 5.92 Å². The molecule has 1 heterocycles. The van der Waals surface area contributed by atoms with Crippen LogP contribution in [0.4, 0.5) is 0 Å². The van der Waals surface area contributed by atoms with Gasteiger partial charge in [-0.05, 0) is 49.3 Å². The number of amides is 1. The molecule has 0 saturated carbocycles. The van der Waals surface area contributed by atoms with Gasteiger partial charge in [0, 0.05) is 19.5 Å². The van der Waals surface area contributed by atoms with Crippen LogP contribution in [0.3, 0.4) is 0 Å². The number of esters is 1. The van der Waals surface area contributed by atoms with Gasteiger partial charge in [0.05, 0.1) is 18.8 Å². The monoisotopic (exact) mass is 389 g/mol. The number of carbonyl (C=O) groups excluding carboxylic acids is 2. The molecule has 1 N–H and O–H groups in total. The Balaban J connectivity index is 1.69. The van der Waals surface area contributed by atoms with Gasteiger partial charge in [-0.1, -0.05) is 44.7 Å². The lowest BCUT2D eigenvalue weighted by Gasteiger charge is -2.17. The molecule has 1 fully saturated rings. The molecule has 1 aliphatic heterocycles. The number of unbranched alkanes of at least 4 members (excludes halogenated alkanes) is 3. The number of aliphatic hydroxyl groups excluding tert-OH is 1. The van der Waals surface area contributed by atoms with Crippen molar-refractivity contribution in [3.63, 3.8) is 0 Å². The summed E-state index contributed by atoms with van der Waals surface area (Å²) in [5, 5.41) is 10.1. The standard InChI is InChI=1S/C23H35NO4/c1-3-4-5-6-7-21(25)13-10-19-16-22(26)24(17-19)15-14-18-8-11-20(12-9-18)23(27)28-2/h8-9,11-12,19,21,25H,3-7,10,13-17H2,1-2H3/t19?,21-/m0/s1. The summed E-state index contributed by atoms with van der Waals surface area (Å²) in [5.41, 5.74) is 1.64. The van der Waals surface area contributed by atoms with Crippen LogP contribution < -0.4 is 0 Å². The molecule has 2 rings (SSSR count). The highest BCUT2D eigenvalue weighted by Gasteiger charge is 2.29. The lowest BCUT2D eigenvalue weighted by atomic mass is 9.97. The Kier molecular flexibility index (Phi) is 9.48. The highest BCUT2D eigenvalue weighted by atomic mass is 16.5. The third-order valence-corrected chi connectivity index (χ3v) is 5.64. The molecule has 156 valence electrons. The van der Waals surface area contributed by atoms with E-state index in [0.717, 1.165) is 44.2 Å². The van der Waals surface area contributed by atoms with Gasteiger partial charge in [0.25, 0.3) is 0 Å². The summed E-state index contributed by atoms with van der Waals surface area (Å²) in [5.74, 6) is 0.241. The van der Waals surface area contributed by atoms with Gasteiger partial charge in [0.1, 0.15) is 0 Å². The molecule has 0 radical (unpaired) electrons. The van der Waals surface area contributed by atoms with E-state index in [1.54, 1.807) is 12.1 Å². The number of aliphatic hydroxyl groups is 1. The van der Waals surface area contributed by atoms with Gasteiger partial charge < -0.3 is 14.7 Å². The molecule has 1 aliphatic rings. The molecule has 0 aromatic heterocycles. The number of methoxy groups -OCH3 is 1. The van der Waals surface area contributed by atoms with Crippen LogP contribution in [0.1, 0.15) is 74.2 Å². The highest BCUT2D eigenvalue weighted by Crippen LogP contribution is 2.24. The number of rotatable bonds is 12. The zero-order valence-electron chi connectivity index (χ0n) is 17.4. The fourth-order valence-corrected chi connectivity index (χ4v) is 3.83. The van der Waals surface area contributed by atoms with Gasteiger partial charge in [-0.15, -0.1) is 0 Å². The number of nitrogens with zero attached hydrogens (tertiary/aromatic N) is 1. The number of ether oxygens (including phenoxy) is 1. The predicted molar refractivity (Wildman–Crippen MR) is 110 cm³/mol. The molecule has 1 saturated heterocycles. The van der Waals surface area contributed by atoms with Crippen molar-refractivity contribution in [2.45, 2.75) is 70.8 Å². The van der Waals surface area contributed by atoms with Gasteiger partial charge in [0.2, 0.25) is 5.91 Å². The number of carbonyl (C=O) groups is 2. The van der Waals surface area contributed by atoms with Crippen LogP contribution >= 0.6 is 0 Å². The van der Waals surface area contributed by atoms with Gasteiger partial charge in [0.15, 0.2) is 0 Å². The van der Waals surface area contributed by atoms with Gasteiger partial charge in [-0.25, -0.2) is 4.79 Å². The van der Waals surface area contributed by atoms with Crippen molar-refractivity contribution in [3.8, 4) is 0 Å². The summed E-state index contributed by atoms with van der Waals surface area (Å²) in [4.78, 5) is 25.7. The number of benzene rings is 1. The molecular weight excluding hydrogens is 354 g/mol. The molecule has 0 spiro atoms. The van der Waals surface area contributed by atoms with E-state index >= 15 is 0 Å². The average Bonchev–Trinajstić information content (AvgIpc) is 3.07. The van der Waals surface area contributed by atoms with Crippen LogP contribution in [0.25, 0.3) is 0 Å². The largest absolute Gasteiger partial charge is 0.465 e. The van der Waals surface area contributed by atoms with Crippen molar-refractivity contribution in [1.82, 2.24) is 4.90 Å². The van der Waals surface area contributed by atoms with Crippen LogP contribution in [0.2, 0.25) is 0 Å². The van der Waals surface area contributed by atoms with E-state index in [1.807, 2.05) is 17.0 Å². The molecule has 1 unspecified atom stereocenters. The zero-order chi connectivity index (χ0) is 20.4. The minimum Gasteiger partial charge on any atom is -0.465 e. The maximum atomic E-state index is 12.3. The summed E-state index contributed by atoms with van der Waals surface area (Å²) in [6, 6.07) is 7.35. The first-order valence-electron chi connectivity index (χ1n) is 10.7. The zero-order valence-corrected chi connectivity index (χ0v) is 17.4. The van der Waals surface area contributed by atoms with E-state index in [4.69, 9.17) is 4.74 Å². The molecule has 1 aromatic carbocycles. The summed E-state index contributed by atoms with van der Waals surface area (Å²) >= 11 is 0. The predicted octanol–water partition coefficient (Wildman–Crippen LogP) is 3.98. The normalized spacial score (nSPS) is 17.8. The van der Waals surface area contributed by atoms with Crippen molar-refractivity contribution in [2.24, 2.45) is 5.92 Å². The summed E-state index contributed by atoms with van der Waals surface area (Å²) < 4.78 is 4.71. The molecule has 0 bridgehead atoms. The first-order chi connectivity index (χ1) is 13.5. The molecule has 28 heavy (non-hydrogen) atoms. The lowest BCUT2D eigenvalue weighted by Crippen LogP contribution is -2.27. The molecule has 1 amide bonds. The first kappa shape index (κ1) is 22.4. The van der Waals surface area contributed by atoms with Crippen molar-refractivity contribution >= 4 is 11.9 Å². The molecule has 0 aliphatic carbocycles. The Labute approximate surface area is 169 Å². The fourth-order valence-electron chi connectivity index (χ4n) is 3.83. The molecule has 5 nitrogen and oxygen atoms in total. The maximum absolute atomic E-state index is 12.3. The quantitative estimate of drug-likeness (QED) is 0.434. The van der Waals surface area contributed by atoms with E-state index in [0.29, 0.717) is 24.4 Å². The lowest BCUT2D eigenvalue weighted by molar-refractivity contribution is -0.127. The Bertz CT molecular complexity index is 614. The van der Waals surface area contributed by atoms with E-state index in [1.165, 1.54) is 26.4 Å². The van der Waals surface area contributed by atoms with E-state index in [-0.39, 0.29) is 18.0 Å². The topological polar surface area (TPSA) is 66.8 Å². The second-order valence-corrected chi connectivity index (χ2v) is 7.93. The van der Waals surface area contributed by atoms with Crippen molar-refractivity contribution in [2.75, 3.05) is 20.2 Å². The Hall–Kier alpha value is -1.88. The molecular formula is C23H35NO4. The molecule has 5 heteroatoms. The summed E-state index contributed by atoms with van der Waals surface area (Å²) in [7, 11) is 1.37. The third-order valence-electron chi connectivity index (χ3n) is 5.64. The van der Waals surface area contributed by atoms with Gasteiger partial charge in [-0.3, -0.25) is 4.79 Å². The highest BCUT2D eigenvalue weighted by molar-refractivity contribution is 5.89. The molecule has 2 atom stereocenters. The van der Waals surface area contributed by atoms with Crippen LogP contribution in [-0.4, -0.2) is 48.2 Å². The smallest absolute Gasteiger partial charge is 0.337 e. The SMILES string of the molecule is CCCCCC[C@H](O)CCC1CC(=O)N(CCc2ccc(C(=O)OC)cc2)C1. The van der Waals surface area contributed by atoms with Gasteiger partial charge in [-0.2, -0.15) is 0 Å². The number of likely N-dealkylation sites (tertiary alicyclic amines) is 1. The summed E-state index contributed by atoms with van der Waals surface area (Å²) in [6.07, 6.45) is 8.50. The van der Waals surface area contributed by atoms with E-state index in [9.17, 15) is 14.7 Å². The minimum atomic E-state index is -0.336. The van der Waals surface area contributed by atoms with Crippen LogP contribution in [0.5, 0.6) is 0 Å². The van der Waals surface area contributed by atoms with Crippen LogP contribution in [-0.2, 0) is 16.0 Å². The second-order valence-electron chi connectivity index (χ2n) is 7.93. The average molecular weight is 390 g/mol.